The van der Waals surface area contributed by atoms with E-state index in [1.54, 1.807) is 0 Å². The Kier molecular flexibility index (Phi) is 3.84. The summed E-state index contributed by atoms with van der Waals surface area (Å²) in [6.45, 7) is 2.82. The number of allylic oxidation sites excluding steroid dienone is 8. The number of esters is 2. The summed E-state index contributed by atoms with van der Waals surface area (Å²) in [6, 6.07) is 0. The second-order valence-corrected chi connectivity index (χ2v) is 5.57. The summed E-state index contributed by atoms with van der Waals surface area (Å²) < 4.78 is 11.1. The van der Waals surface area contributed by atoms with Crippen LogP contribution >= 0.6 is 0 Å². The molecule has 0 amide bonds. The molecule has 0 aromatic heterocycles. The molecule has 0 saturated carbocycles. The predicted molar refractivity (Wildman–Crippen MR) is 81.2 cm³/mol. The fourth-order valence-corrected chi connectivity index (χ4v) is 3.23. The monoisotopic (exact) mass is 298 g/mol. The van der Waals surface area contributed by atoms with Gasteiger partial charge in [-0.15, -0.1) is 0 Å². The summed E-state index contributed by atoms with van der Waals surface area (Å²) in [6.07, 6.45) is 13.3. The number of hydrogen-bond donors (Lipinski definition) is 0. The SMILES string of the molecule is CC(=O)OC1=C2CC=CCC2=C(OC(C)=O)C2C=CC=CC12. The second-order valence-electron chi connectivity index (χ2n) is 5.57. The van der Waals surface area contributed by atoms with Crippen LogP contribution in [0.3, 0.4) is 0 Å². The van der Waals surface area contributed by atoms with Crippen LogP contribution in [-0.4, -0.2) is 11.9 Å². The molecule has 4 heteroatoms. The van der Waals surface area contributed by atoms with Gasteiger partial charge in [0.15, 0.2) is 0 Å². The van der Waals surface area contributed by atoms with E-state index in [1.807, 2.05) is 24.3 Å². The largest absolute Gasteiger partial charge is 0.430 e. The summed E-state index contributed by atoms with van der Waals surface area (Å²) in [7, 11) is 0. The number of carbonyl (C=O) groups excluding carboxylic acids is 2. The van der Waals surface area contributed by atoms with Crippen LogP contribution in [0.2, 0.25) is 0 Å². The quantitative estimate of drug-likeness (QED) is 0.579. The van der Waals surface area contributed by atoms with Crippen LogP contribution in [-0.2, 0) is 19.1 Å². The van der Waals surface area contributed by atoms with Gasteiger partial charge in [0.2, 0.25) is 0 Å². The molecular weight excluding hydrogens is 280 g/mol. The molecule has 2 unspecified atom stereocenters. The molecule has 0 N–H and O–H groups in total. The van der Waals surface area contributed by atoms with Gasteiger partial charge in [-0.1, -0.05) is 36.5 Å². The molecule has 0 radical (unpaired) electrons. The van der Waals surface area contributed by atoms with Gasteiger partial charge in [0.05, 0.1) is 0 Å². The van der Waals surface area contributed by atoms with Crippen molar-refractivity contribution in [2.45, 2.75) is 26.7 Å². The standard InChI is InChI=1S/C18H18O4/c1-11(19)21-17-13-7-3-5-9-15(13)18(22-12(2)20)16-10-6-4-8-14(16)17/h3-7,9,13,15H,8,10H2,1-2H3. The minimum absolute atomic E-state index is 0.103. The van der Waals surface area contributed by atoms with Crippen LogP contribution in [0.5, 0.6) is 0 Å². The minimum atomic E-state index is -0.325. The highest BCUT2D eigenvalue weighted by Crippen LogP contribution is 2.46. The lowest BCUT2D eigenvalue weighted by molar-refractivity contribution is -0.140. The van der Waals surface area contributed by atoms with Crippen molar-refractivity contribution in [1.29, 1.82) is 0 Å². The third-order valence-electron chi connectivity index (χ3n) is 4.02. The van der Waals surface area contributed by atoms with E-state index in [0.717, 1.165) is 11.1 Å². The Balaban J connectivity index is 2.16. The first-order chi connectivity index (χ1) is 10.6. The summed E-state index contributed by atoms with van der Waals surface area (Å²) in [5.41, 5.74) is 1.94. The molecule has 0 saturated heterocycles. The van der Waals surface area contributed by atoms with Gasteiger partial charge >= 0.3 is 11.9 Å². The van der Waals surface area contributed by atoms with E-state index in [0.29, 0.717) is 24.4 Å². The predicted octanol–water partition coefficient (Wildman–Crippen LogP) is 3.34. The van der Waals surface area contributed by atoms with Gasteiger partial charge in [0.25, 0.3) is 0 Å². The second kappa shape index (κ2) is 5.79. The van der Waals surface area contributed by atoms with Crippen LogP contribution in [0, 0.1) is 11.8 Å². The first-order valence-electron chi connectivity index (χ1n) is 7.41. The summed E-state index contributed by atoms with van der Waals surface area (Å²) in [5.74, 6) is 0.520. The maximum atomic E-state index is 11.5. The smallest absolute Gasteiger partial charge is 0.307 e. The molecular formula is C18H18O4. The van der Waals surface area contributed by atoms with Crippen molar-refractivity contribution in [3.8, 4) is 0 Å². The highest BCUT2D eigenvalue weighted by atomic mass is 16.5. The van der Waals surface area contributed by atoms with E-state index < -0.39 is 0 Å². The zero-order valence-corrected chi connectivity index (χ0v) is 12.7. The Labute approximate surface area is 129 Å². The topological polar surface area (TPSA) is 52.6 Å². The molecule has 3 aliphatic carbocycles. The third kappa shape index (κ3) is 2.56. The van der Waals surface area contributed by atoms with Gasteiger partial charge in [0, 0.05) is 36.8 Å². The van der Waals surface area contributed by atoms with Crippen LogP contribution in [0.15, 0.2) is 59.1 Å². The normalized spacial score (nSPS) is 25.7. The van der Waals surface area contributed by atoms with Crippen molar-refractivity contribution in [2.24, 2.45) is 11.8 Å². The number of rotatable bonds is 2. The van der Waals surface area contributed by atoms with Gasteiger partial charge in [-0.3, -0.25) is 9.59 Å². The van der Waals surface area contributed by atoms with Crippen molar-refractivity contribution in [3.05, 3.63) is 59.1 Å². The van der Waals surface area contributed by atoms with Crippen LogP contribution in [0.4, 0.5) is 0 Å². The van der Waals surface area contributed by atoms with Crippen LogP contribution < -0.4 is 0 Å². The number of ether oxygens (including phenoxy) is 2. The number of fused-ring (bicyclic) bond motifs is 2. The van der Waals surface area contributed by atoms with E-state index >= 15 is 0 Å². The lowest BCUT2D eigenvalue weighted by atomic mass is 9.74. The molecule has 0 heterocycles. The Morgan fingerprint density at radius 3 is 1.64 bits per heavy atom. The molecule has 0 fully saturated rings. The maximum absolute atomic E-state index is 11.5. The lowest BCUT2D eigenvalue weighted by Crippen LogP contribution is -2.29. The highest BCUT2D eigenvalue weighted by Gasteiger charge is 2.39. The Morgan fingerprint density at radius 2 is 1.27 bits per heavy atom. The van der Waals surface area contributed by atoms with Crippen molar-refractivity contribution in [3.63, 3.8) is 0 Å². The van der Waals surface area contributed by atoms with E-state index in [1.165, 1.54) is 13.8 Å². The van der Waals surface area contributed by atoms with Gasteiger partial charge in [-0.2, -0.15) is 0 Å². The van der Waals surface area contributed by atoms with Gasteiger partial charge in [0.1, 0.15) is 11.5 Å². The molecule has 2 atom stereocenters. The number of hydrogen-bond acceptors (Lipinski definition) is 4. The molecule has 4 nitrogen and oxygen atoms in total. The molecule has 0 bridgehead atoms. The third-order valence-corrected chi connectivity index (χ3v) is 4.02. The molecule has 0 spiro atoms. The van der Waals surface area contributed by atoms with Crippen molar-refractivity contribution in [1.82, 2.24) is 0 Å². The fourth-order valence-electron chi connectivity index (χ4n) is 3.23. The van der Waals surface area contributed by atoms with Crippen molar-refractivity contribution < 1.29 is 19.1 Å². The Bertz CT molecular complexity index is 615. The van der Waals surface area contributed by atoms with Crippen molar-refractivity contribution >= 4 is 11.9 Å². The van der Waals surface area contributed by atoms with E-state index in [9.17, 15) is 9.59 Å². The Hall–Kier alpha value is -2.36. The summed E-state index contributed by atoms with van der Waals surface area (Å²) in [5, 5.41) is 0. The van der Waals surface area contributed by atoms with Crippen molar-refractivity contribution in [2.75, 3.05) is 0 Å². The summed E-state index contributed by atoms with van der Waals surface area (Å²) >= 11 is 0. The highest BCUT2D eigenvalue weighted by molar-refractivity contribution is 5.70. The van der Waals surface area contributed by atoms with Crippen LogP contribution in [0.25, 0.3) is 0 Å². The first kappa shape index (κ1) is 14.6. The minimum Gasteiger partial charge on any atom is -0.430 e. The van der Waals surface area contributed by atoms with E-state index in [2.05, 4.69) is 12.2 Å². The van der Waals surface area contributed by atoms with Crippen LogP contribution in [0.1, 0.15) is 26.7 Å². The molecule has 0 aliphatic heterocycles. The molecule has 0 aromatic rings. The summed E-state index contributed by atoms with van der Waals surface area (Å²) in [4.78, 5) is 23.0. The average Bonchev–Trinajstić information content (AvgIpc) is 2.50. The van der Waals surface area contributed by atoms with E-state index in [4.69, 9.17) is 9.47 Å². The lowest BCUT2D eigenvalue weighted by Gasteiger charge is -2.36. The maximum Gasteiger partial charge on any atom is 0.307 e. The molecule has 3 aliphatic rings. The zero-order valence-electron chi connectivity index (χ0n) is 12.7. The van der Waals surface area contributed by atoms with Gasteiger partial charge < -0.3 is 9.47 Å². The molecule has 114 valence electrons. The van der Waals surface area contributed by atoms with E-state index in [-0.39, 0.29) is 23.8 Å². The molecule has 3 rings (SSSR count). The first-order valence-corrected chi connectivity index (χ1v) is 7.41. The number of carbonyl (C=O) groups is 2. The molecule has 0 aromatic carbocycles. The average molecular weight is 298 g/mol. The van der Waals surface area contributed by atoms with Gasteiger partial charge in [-0.25, -0.2) is 0 Å². The van der Waals surface area contributed by atoms with Gasteiger partial charge in [-0.05, 0) is 12.8 Å². The molecule has 22 heavy (non-hydrogen) atoms. The fraction of sp³-hybridized carbons (Fsp3) is 0.333. The zero-order chi connectivity index (χ0) is 15.7. The Morgan fingerprint density at radius 1 is 0.864 bits per heavy atom.